The van der Waals surface area contributed by atoms with Gasteiger partial charge in [0, 0.05) is 5.92 Å². The molecule has 1 aromatic rings. The van der Waals surface area contributed by atoms with Crippen molar-refractivity contribution in [2.75, 3.05) is 0 Å². The number of hydrogen-bond acceptors (Lipinski definition) is 1. The fourth-order valence-corrected chi connectivity index (χ4v) is 1.98. The fraction of sp³-hybridized carbons (Fsp3) is 0.364. The van der Waals surface area contributed by atoms with Gasteiger partial charge in [0.2, 0.25) is 5.24 Å². The molecule has 0 saturated heterocycles. The predicted molar refractivity (Wildman–Crippen MR) is 52.8 cm³/mol. The van der Waals surface area contributed by atoms with Gasteiger partial charge in [-0.05, 0) is 35.9 Å². The van der Waals surface area contributed by atoms with Crippen molar-refractivity contribution in [3.8, 4) is 0 Å². The summed E-state index contributed by atoms with van der Waals surface area (Å²) in [6, 6.07) is 10.3. The maximum absolute atomic E-state index is 10.8. The van der Waals surface area contributed by atoms with E-state index in [1.807, 2.05) is 18.2 Å². The Morgan fingerprint density at radius 2 is 1.85 bits per heavy atom. The van der Waals surface area contributed by atoms with E-state index in [1.54, 1.807) is 0 Å². The van der Waals surface area contributed by atoms with E-state index in [0.717, 1.165) is 12.8 Å². The van der Waals surface area contributed by atoms with Crippen molar-refractivity contribution in [3.05, 3.63) is 35.9 Å². The van der Waals surface area contributed by atoms with Gasteiger partial charge in [-0.3, -0.25) is 4.79 Å². The molecule has 1 saturated carbocycles. The predicted octanol–water partition coefficient (Wildman–Crippen LogP) is 2.95. The van der Waals surface area contributed by atoms with Crippen LogP contribution in [0.4, 0.5) is 0 Å². The Morgan fingerprint density at radius 1 is 1.23 bits per heavy atom. The van der Waals surface area contributed by atoms with Crippen molar-refractivity contribution >= 4 is 16.8 Å². The molecule has 0 spiro atoms. The third kappa shape index (κ3) is 1.75. The molecular formula is C11H11ClO. The summed E-state index contributed by atoms with van der Waals surface area (Å²) in [6.07, 6.45) is 1.85. The quantitative estimate of drug-likeness (QED) is 0.662. The van der Waals surface area contributed by atoms with Crippen molar-refractivity contribution in [3.63, 3.8) is 0 Å². The van der Waals surface area contributed by atoms with E-state index < -0.39 is 0 Å². The molecule has 2 rings (SSSR count). The van der Waals surface area contributed by atoms with E-state index >= 15 is 0 Å². The third-order valence-electron chi connectivity index (χ3n) is 2.73. The average molecular weight is 195 g/mol. The molecule has 1 fully saturated rings. The van der Waals surface area contributed by atoms with Crippen LogP contribution in [-0.4, -0.2) is 5.24 Å². The maximum atomic E-state index is 10.8. The minimum atomic E-state index is -0.174. The Morgan fingerprint density at radius 3 is 2.38 bits per heavy atom. The summed E-state index contributed by atoms with van der Waals surface area (Å²) in [5.41, 5.74) is 1.33. The molecular weight excluding hydrogens is 184 g/mol. The first kappa shape index (κ1) is 8.76. The van der Waals surface area contributed by atoms with Crippen molar-refractivity contribution in [1.29, 1.82) is 0 Å². The number of rotatable bonds is 2. The molecule has 1 aliphatic rings. The van der Waals surface area contributed by atoms with Crippen LogP contribution >= 0.6 is 11.6 Å². The first-order chi connectivity index (χ1) is 6.27. The van der Waals surface area contributed by atoms with E-state index in [2.05, 4.69) is 12.1 Å². The summed E-state index contributed by atoms with van der Waals surface area (Å²) >= 11 is 5.39. The molecule has 0 amide bonds. The maximum Gasteiger partial charge on any atom is 0.224 e. The third-order valence-corrected chi connectivity index (χ3v) is 3.04. The molecule has 0 heterocycles. The van der Waals surface area contributed by atoms with Crippen LogP contribution in [-0.2, 0) is 4.79 Å². The molecule has 1 aliphatic carbocycles. The molecule has 1 aromatic carbocycles. The van der Waals surface area contributed by atoms with Crippen LogP contribution in [0, 0.1) is 5.92 Å². The van der Waals surface area contributed by atoms with Crippen LogP contribution < -0.4 is 0 Å². The van der Waals surface area contributed by atoms with Crippen LogP contribution in [0.5, 0.6) is 0 Å². The molecule has 68 valence electrons. The largest absolute Gasteiger partial charge is 0.281 e. The van der Waals surface area contributed by atoms with E-state index in [9.17, 15) is 4.79 Å². The lowest BCUT2D eigenvalue weighted by Gasteiger charge is -2.32. The van der Waals surface area contributed by atoms with Gasteiger partial charge in [0.15, 0.2) is 0 Å². The second kappa shape index (κ2) is 3.51. The molecule has 1 nitrogen and oxygen atoms in total. The minimum absolute atomic E-state index is 0.104. The van der Waals surface area contributed by atoms with Crippen molar-refractivity contribution in [1.82, 2.24) is 0 Å². The van der Waals surface area contributed by atoms with Crippen LogP contribution in [0.1, 0.15) is 24.3 Å². The van der Waals surface area contributed by atoms with Gasteiger partial charge in [-0.2, -0.15) is 0 Å². The van der Waals surface area contributed by atoms with Crippen molar-refractivity contribution < 1.29 is 4.79 Å². The molecule has 0 aliphatic heterocycles. The number of halogens is 1. The van der Waals surface area contributed by atoms with E-state index in [0.29, 0.717) is 5.92 Å². The number of benzene rings is 1. The fourth-order valence-electron chi connectivity index (χ4n) is 1.80. The zero-order valence-electron chi connectivity index (χ0n) is 7.24. The van der Waals surface area contributed by atoms with Gasteiger partial charge in [-0.25, -0.2) is 0 Å². The summed E-state index contributed by atoms with van der Waals surface area (Å²) in [6.45, 7) is 0. The van der Waals surface area contributed by atoms with Gasteiger partial charge in [0.1, 0.15) is 0 Å². The lowest BCUT2D eigenvalue weighted by atomic mass is 9.72. The molecule has 0 unspecified atom stereocenters. The average Bonchev–Trinajstić information content (AvgIpc) is 2.02. The normalized spacial score (nSPS) is 26.5. The zero-order valence-corrected chi connectivity index (χ0v) is 8.00. The molecule has 0 atom stereocenters. The number of carbonyl (C=O) groups is 1. The van der Waals surface area contributed by atoms with Gasteiger partial charge < -0.3 is 0 Å². The summed E-state index contributed by atoms with van der Waals surface area (Å²) in [7, 11) is 0. The Kier molecular flexibility index (Phi) is 2.36. The van der Waals surface area contributed by atoms with E-state index in [1.165, 1.54) is 5.56 Å². The molecule has 0 N–H and O–H groups in total. The van der Waals surface area contributed by atoms with Crippen LogP contribution in [0.2, 0.25) is 0 Å². The monoisotopic (exact) mass is 194 g/mol. The van der Waals surface area contributed by atoms with Crippen LogP contribution in [0.25, 0.3) is 0 Å². The topological polar surface area (TPSA) is 17.1 Å². The number of carbonyl (C=O) groups excluding carboxylic acids is 1. The highest BCUT2D eigenvalue weighted by Gasteiger charge is 2.34. The second-order valence-corrected chi connectivity index (χ2v) is 3.95. The molecule has 13 heavy (non-hydrogen) atoms. The summed E-state index contributed by atoms with van der Waals surface area (Å²) in [5.74, 6) is 0.653. The summed E-state index contributed by atoms with van der Waals surface area (Å²) in [4.78, 5) is 10.8. The van der Waals surface area contributed by atoms with E-state index in [4.69, 9.17) is 11.6 Å². The highest BCUT2D eigenvalue weighted by atomic mass is 35.5. The lowest BCUT2D eigenvalue weighted by molar-refractivity contribution is -0.117. The Labute approximate surface area is 82.7 Å². The van der Waals surface area contributed by atoms with Gasteiger partial charge in [-0.1, -0.05) is 30.3 Å². The SMILES string of the molecule is O=C(Cl)C1CC(c2ccccc2)C1. The second-order valence-electron chi connectivity index (χ2n) is 3.58. The van der Waals surface area contributed by atoms with Gasteiger partial charge in [0.05, 0.1) is 0 Å². The Balaban J connectivity index is 1.98. The van der Waals surface area contributed by atoms with Gasteiger partial charge in [-0.15, -0.1) is 0 Å². The molecule has 0 bridgehead atoms. The Bertz CT molecular complexity index is 301. The van der Waals surface area contributed by atoms with Crippen molar-refractivity contribution in [2.45, 2.75) is 18.8 Å². The first-order valence-corrected chi connectivity index (χ1v) is 4.89. The summed E-state index contributed by atoms with van der Waals surface area (Å²) < 4.78 is 0. The van der Waals surface area contributed by atoms with Crippen LogP contribution in [0.3, 0.4) is 0 Å². The highest BCUT2D eigenvalue weighted by Crippen LogP contribution is 2.42. The first-order valence-electron chi connectivity index (χ1n) is 4.51. The Hall–Kier alpha value is -0.820. The zero-order chi connectivity index (χ0) is 9.26. The highest BCUT2D eigenvalue weighted by molar-refractivity contribution is 6.64. The van der Waals surface area contributed by atoms with Gasteiger partial charge >= 0.3 is 0 Å². The van der Waals surface area contributed by atoms with Gasteiger partial charge in [0.25, 0.3) is 0 Å². The number of hydrogen-bond donors (Lipinski definition) is 0. The minimum Gasteiger partial charge on any atom is -0.281 e. The molecule has 0 aromatic heterocycles. The lowest BCUT2D eigenvalue weighted by Crippen LogP contribution is -2.26. The summed E-state index contributed by atoms with van der Waals surface area (Å²) in [5, 5.41) is -0.174. The standard InChI is InChI=1S/C11H11ClO/c12-11(13)10-6-9(7-10)8-4-2-1-3-5-8/h1-5,9-10H,6-7H2. The molecule has 0 radical (unpaired) electrons. The van der Waals surface area contributed by atoms with Crippen LogP contribution in [0.15, 0.2) is 30.3 Å². The molecule has 2 heteroatoms. The smallest absolute Gasteiger partial charge is 0.224 e. The van der Waals surface area contributed by atoms with Crippen molar-refractivity contribution in [2.24, 2.45) is 5.92 Å². The van der Waals surface area contributed by atoms with E-state index in [-0.39, 0.29) is 11.2 Å².